The lowest BCUT2D eigenvalue weighted by Crippen LogP contribution is -2.11. The number of aliphatic imine (C=N–C) groups is 2. The monoisotopic (exact) mass is 126 g/mol. The first-order valence-electron chi connectivity index (χ1n) is 2.10. The average molecular weight is 126 g/mol. The molecule has 0 unspecified atom stereocenters. The van der Waals surface area contributed by atoms with Gasteiger partial charge in [0.1, 0.15) is 0 Å². The summed E-state index contributed by atoms with van der Waals surface area (Å²) in [6.45, 7) is 0. The van der Waals surface area contributed by atoms with Crippen molar-refractivity contribution in [1.82, 2.24) is 0 Å². The van der Waals surface area contributed by atoms with E-state index in [9.17, 15) is 9.59 Å². The Morgan fingerprint density at radius 3 is 2.56 bits per heavy atom. The summed E-state index contributed by atoms with van der Waals surface area (Å²) in [5, 5.41) is 8.16. The van der Waals surface area contributed by atoms with E-state index in [0.717, 1.165) is 6.21 Å². The molecule has 1 N–H and O–H groups in total. The van der Waals surface area contributed by atoms with Gasteiger partial charge in [-0.05, 0) is 0 Å². The van der Waals surface area contributed by atoms with Crippen molar-refractivity contribution in [2.24, 2.45) is 9.98 Å². The first kappa shape index (κ1) is 5.61. The number of urea groups is 1. The fraction of sp³-hybridized carbons (Fsp3) is 0. The Hall–Kier alpha value is -1.52. The Kier molecular flexibility index (Phi) is 1.11. The van der Waals surface area contributed by atoms with Gasteiger partial charge in [-0.25, -0.2) is 9.59 Å². The molecule has 0 spiro atoms. The Bertz CT molecular complexity index is 228. The van der Waals surface area contributed by atoms with Gasteiger partial charge in [-0.2, -0.15) is 9.98 Å². The minimum absolute atomic E-state index is 0.306. The van der Waals surface area contributed by atoms with Gasteiger partial charge in [0.2, 0.25) is 0 Å². The van der Waals surface area contributed by atoms with E-state index in [1.54, 1.807) is 0 Å². The molecule has 0 aliphatic carbocycles. The second kappa shape index (κ2) is 1.77. The Balaban J connectivity index is 2.88. The highest BCUT2D eigenvalue weighted by Gasteiger charge is 2.13. The fourth-order valence-electron chi connectivity index (χ4n) is 0.380. The molecule has 0 radical (unpaired) electrons. The Labute approximate surface area is 49.7 Å². The quantitative estimate of drug-likeness (QED) is 0.524. The van der Waals surface area contributed by atoms with Crippen LogP contribution in [-0.2, 0) is 4.79 Å². The van der Waals surface area contributed by atoms with Gasteiger partial charge in [-0.3, -0.25) is 0 Å². The molecule has 0 saturated carbocycles. The number of amides is 2. The van der Waals surface area contributed by atoms with E-state index < -0.39 is 12.0 Å². The number of carboxylic acids is 1. The highest BCUT2D eigenvalue weighted by atomic mass is 16.4. The van der Waals surface area contributed by atoms with Crippen LogP contribution in [0.3, 0.4) is 0 Å². The number of hydrogen-bond donors (Lipinski definition) is 1. The number of carboxylic acid groups (broad SMARTS) is 1. The maximum atomic E-state index is 10.1. The van der Waals surface area contributed by atoms with Gasteiger partial charge in [0.25, 0.3) is 0 Å². The summed E-state index contributed by atoms with van der Waals surface area (Å²) in [5.41, 5.74) is -0.306. The summed E-state index contributed by atoms with van der Waals surface area (Å²) in [5.74, 6) is -1.23. The molecule has 5 nitrogen and oxygen atoms in total. The van der Waals surface area contributed by atoms with Crippen LogP contribution in [0.4, 0.5) is 4.79 Å². The second-order valence-corrected chi connectivity index (χ2v) is 1.34. The number of rotatable bonds is 1. The average Bonchev–Trinajstić information content (AvgIpc) is 2.14. The predicted molar refractivity (Wildman–Crippen MR) is 29.0 cm³/mol. The van der Waals surface area contributed by atoms with Crippen molar-refractivity contribution < 1.29 is 14.7 Å². The number of carbonyl (C=O) groups excluding carboxylic acids is 1. The van der Waals surface area contributed by atoms with Gasteiger partial charge < -0.3 is 5.11 Å². The molecular formula is C4H2N2O3. The number of carbonyl (C=O) groups is 2. The van der Waals surface area contributed by atoms with Crippen molar-refractivity contribution >= 4 is 23.9 Å². The van der Waals surface area contributed by atoms with E-state index in [4.69, 9.17) is 5.11 Å². The Morgan fingerprint density at radius 2 is 2.33 bits per heavy atom. The molecular weight excluding hydrogens is 124 g/mol. The van der Waals surface area contributed by atoms with Gasteiger partial charge in [0.15, 0.2) is 5.71 Å². The molecule has 1 aliphatic heterocycles. The van der Waals surface area contributed by atoms with Gasteiger partial charge in [-0.15, -0.1) is 0 Å². The van der Waals surface area contributed by atoms with E-state index in [0.29, 0.717) is 0 Å². The predicted octanol–water partition coefficient (Wildman–Crippen LogP) is -0.284. The zero-order valence-electron chi connectivity index (χ0n) is 4.24. The van der Waals surface area contributed by atoms with Crippen LogP contribution in [-0.4, -0.2) is 29.0 Å². The van der Waals surface area contributed by atoms with E-state index >= 15 is 0 Å². The molecule has 0 atom stereocenters. The van der Waals surface area contributed by atoms with Crippen LogP contribution in [0.5, 0.6) is 0 Å². The van der Waals surface area contributed by atoms with Gasteiger partial charge in [0, 0.05) is 0 Å². The number of hydrogen-bond acceptors (Lipinski definition) is 2. The van der Waals surface area contributed by atoms with Crippen molar-refractivity contribution in [1.29, 1.82) is 0 Å². The highest BCUT2D eigenvalue weighted by Crippen LogP contribution is 1.91. The van der Waals surface area contributed by atoms with Gasteiger partial charge in [0.05, 0.1) is 6.21 Å². The lowest BCUT2D eigenvalue weighted by Gasteiger charge is -1.79. The fourth-order valence-corrected chi connectivity index (χ4v) is 0.380. The SMILES string of the molecule is O=C1N=CC(C(=O)O)=N1. The van der Waals surface area contributed by atoms with Crippen molar-refractivity contribution in [3.05, 3.63) is 0 Å². The smallest absolute Gasteiger partial charge is 0.367 e. The van der Waals surface area contributed by atoms with E-state index in [1.807, 2.05) is 0 Å². The van der Waals surface area contributed by atoms with Crippen molar-refractivity contribution in [3.63, 3.8) is 0 Å². The molecule has 1 heterocycles. The lowest BCUT2D eigenvalue weighted by molar-refractivity contribution is -0.129. The molecule has 0 saturated heterocycles. The van der Waals surface area contributed by atoms with Crippen LogP contribution in [0.1, 0.15) is 0 Å². The largest absolute Gasteiger partial charge is 0.476 e. The van der Waals surface area contributed by atoms with E-state index in [1.165, 1.54) is 0 Å². The zero-order valence-corrected chi connectivity index (χ0v) is 4.24. The third-order valence-electron chi connectivity index (χ3n) is 0.732. The summed E-state index contributed by atoms with van der Waals surface area (Å²) in [6.07, 6.45) is 0.921. The molecule has 46 valence electrons. The topological polar surface area (TPSA) is 79.1 Å². The molecule has 0 fully saturated rings. The summed E-state index contributed by atoms with van der Waals surface area (Å²) in [6, 6.07) is -0.757. The molecule has 0 bridgehead atoms. The Morgan fingerprint density at radius 1 is 1.67 bits per heavy atom. The van der Waals surface area contributed by atoms with Crippen molar-refractivity contribution in [2.75, 3.05) is 0 Å². The lowest BCUT2D eigenvalue weighted by atomic mass is 10.4. The normalized spacial score (nSPS) is 16.0. The summed E-state index contributed by atoms with van der Waals surface area (Å²) < 4.78 is 0. The van der Waals surface area contributed by atoms with E-state index in [2.05, 4.69) is 9.98 Å². The van der Waals surface area contributed by atoms with Crippen LogP contribution in [0.15, 0.2) is 9.98 Å². The summed E-state index contributed by atoms with van der Waals surface area (Å²) in [7, 11) is 0. The van der Waals surface area contributed by atoms with Crippen LogP contribution in [0.25, 0.3) is 0 Å². The standard InChI is InChI=1S/C4H2N2O3/c7-3(8)2-1-5-4(9)6-2/h1H,(H,7,8). The van der Waals surface area contributed by atoms with Crippen LogP contribution in [0, 0.1) is 0 Å². The number of nitrogens with zero attached hydrogens (tertiary/aromatic N) is 2. The summed E-state index contributed by atoms with van der Waals surface area (Å²) in [4.78, 5) is 26.2. The van der Waals surface area contributed by atoms with Crippen LogP contribution < -0.4 is 0 Å². The third-order valence-corrected chi connectivity index (χ3v) is 0.732. The number of aliphatic carboxylic acids is 1. The third kappa shape index (κ3) is 0.987. The maximum absolute atomic E-state index is 10.1. The van der Waals surface area contributed by atoms with Gasteiger partial charge in [-0.1, -0.05) is 0 Å². The molecule has 5 heteroatoms. The molecule has 2 amide bonds. The van der Waals surface area contributed by atoms with Crippen LogP contribution in [0.2, 0.25) is 0 Å². The second-order valence-electron chi connectivity index (χ2n) is 1.34. The molecule has 9 heavy (non-hydrogen) atoms. The molecule has 1 rings (SSSR count). The minimum Gasteiger partial charge on any atom is -0.476 e. The van der Waals surface area contributed by atoms with Crippen LogP contribution >= 0.6 is 0 Å². The first-order valence-corrected chi connectivity index (χ1v) is 2.10. The molecule has 0 aromatic heterocycles. The van der Waals surface area contributed by atoms with E-state index in [-0.39, 0.29) is 5.71 Å². The molecule has 0 aromatic rings. The van der Waals surface area contributed by atoms with Crippen molar-refractivity contribution in [3.8, 4) is 0 Å². The zero-order chi connectivity index (χ0) is 6.85. The highest BCUT2D eigenvalue weighted by molar-refractivity contribution is 6.62. The first-order chi connectivity index (χ1) is 4.20. The van der Waals surface area contributed by atoms with Gasteiger partial charge >= 0.3 is 12.0 Å². The van der Waals surface area contributed by atoms with Crippen molar-refractivity contribution in [2.45, 2.75) is 0 Å². The molecule has 1 aliphatic rings. The molecule has 0 aromatic carbocycles. The minimum atomic E-state index is -1.23. The maximum Gasteiger partial charge on any atom is 0.367 e. The summed E-state index contributed by atoms with van der Waals surface area (Å²) >= 11 is 0.